The van der Waals surface area contributed by atoms with Crippen molar-refractivity contribution in [3.63, 3.8) is 0 Å². The van der Waals surface area contributed by atoms with Gasteiger partial charge in [-0.25, -0.2) is 0 Å². The lowest BCUT2D eigenvalue weighted by Crippen LogP contribution is -2.41. The molecule has 2 aliphatic rings. The van der Waals surface area contributed by atoms with Crippen molar-refractivity contribution < 1.29 is 9.53 Å². The highest BCUT2D eigenvalue weighted by atomic mass is 16.5. The number of amides is 1. The van der Waals surface area contributed by atoms with Crippen LogP contribution in [0.2, 0.25) is 0 Å². The fourth-order valence-electron chi connectivity index (χ4n) is 3.51. The molecule has 2 aliphatic carbocycles. The quantitative estimate of drug-likeness (QED) is 0.873. The first kappa shape index (κ1) is 14.4. The lowest BCUT2D eigenvalue weighted by atomic mass is 9.94. The van der Waals surface area contributed by atoms with Gasteiger partial charge in [0, 0.05) is 5.92 Å². The Bertz CT molecular complexity index is 508. The van der Waals surface area contributed by atoms with E-state index < -0.39 is 0 Å². The molecule has 0 aromatic heterocycles. The average molecular weight is 288 g/mol. The summed E-state index contributed by atoms with van der Waals surface area (Å²) in [5.41, 5.74) is 6.82. The molecule has 4 heteroatoms. The molecule has 4 nitrogen and oxygen atoms in total. The Kier molecular flexibility index (Phi) is 3.89. The van der Waals surface area contributed by atoms with Crippen LogP contribution >= 0.6 is 0 Å². The van der Waals surface area contributed by atoms with Crippen molar-refractivity contribution >= 4 is 5.91 Å². The van der Waals surface area contributed by atoms with Crippen molar-refractivity contribution in [3.8, 4) is 5.75 Å². The maximum absolute atomic E-state index is 12.6. The highest BCUT2D eigenvalue weighted by molar-refractivity contribution is 5.80. The Morgan fingerprint density at radius 3 is 2.62 bits per heavy atom. The third-order valence-electron chi connectivity index (χ3n) is 5.05. The van der Waals surface area contributed by atoms with E-state index in [9.17, 15) is 4.79 Å². The largest absolute Gasteiger partial charge is 0.497 e. The number of rotatable bonds is 5. The van der Waals surface area contributed by atoms with Gasteiger partial charge in [-0.2, -0.15) is 0 Å². The van der Waals surface area contributed by atoms with E-state index in [1.54, 1.807) is 7.11 Å². The van der Waals surface area contributed by atoms with Gasteiger partial charge in [0.2, 0.25) is 5.91 Å². The van der Waals surface area contributed by atoms with E-state index >= 15 is 0 Å². The fourth-order valence-corrected chi connectivity index (χ4v) is 3.51. The molecule has 114 valence electrons. The number of hydrogen-bond acceptors (Lipinski definition) is 3. The summed E-state index contributed by atoms with van der Waals surface area (Å²) in [5.74, 6) is 1.50. The van der Waals surface area contributed by atoms with Gasteiger partial charge in [-0.05, 0) is 55.8 Å². The summed E-state index contributed by atoms with van der Waals surface area (Å²) in [5, 5.41) is 3.29. The van der Waals surface area contributed by atoms with Gasteiger partial charge in [-0.3, -0.25) is 4.79 Å². The Morgan fingerprint density at radius 2 is 2.05 bits per heavy atom. The summed E-state index contributed by atoms with van der Waals surface area (Å²) >= 11 is 0. The van der Waals surface area contributed by atoms with Gasteiger partial charge in [-0.15, -0.1) is 0 Å². The van der Waals surface area contributed by atoms with Gasteiger partial charge in [-0.1, -0.05) is 18.6 Å². The number of carbonyl (C=O) groups excluding carboxylic acids is 1. The van der Waals surface area contributed by atoms with Crippen LogP contribution in [0.1, 0.15) is 37.7 Å². The fraction of sp³-hybridized carbons (Fsp3) is 0.588. The van der Waals surface area contributed by atoms with Crippen molar-refractivity contribution in [1.82, 2.24) is 5.32 Å². The van der Waals surface area contributed by atoms with Gasteiger partial charge >= 0.3 is 0 Å². The van der Waals surface area contributed by atoms with Gasteiger partial charge in [0.05, 0.1) is 12.6 Å². The van der Waals surface area contributed by atoms with Crippen LogP contribution in [0.5, 0.6) is 5.75 Å². The lowest BCUT2D eigenvalue weighted by Gasteiger charge is -2.23. The smallest absolute Gasteiger partial charge is 0.224 e. The second kappa shape index (κ2) is 5.68. The molecule has 21 heavy (non-hydrogen) atoms. The zero-order valence-electron chi connectivity index (χ0n) is 12.6. The van der Waals surface area contributed by atoms with Crippen LogP contribution in [0.3, 0.4) is 0 Å². The molecule has 1 aromatic rings. The predicted molar refractivity (Wildman–Crippen MR) is 81.9 cm³/mol. The van der Waals surface area contributed by atoms with E-state index in [4.69, 9.17) is 10.5 Å². The number of ether oxygens (including phenoxy) is 1. The molecule has 0 aliphatic heterocycles. The molecule has 0 spiro atoms. The number of nitrogens with one attached hydrogen (secondary N) is 1. The molecule has 0 heterocycles. The number of benzene rings is 1. The van der Waals surface area contributed by atoms with E-state index in [0.717, 1.165) is 37.9 Å². The second-order valence-corrected chi connectivity index (χ2v) is 6.33. The van der Waals surface area contributed by atoms with Crippen molar-refractivity contribution in [1.29, 1.82) is 0 Å². The van der Waals surface area contributed by atoms with E-state index in [2.05, 4.69) is 17.4 Å². The minimum absolute atomic E-state index is 0.103. The highest BCUT2D eigenvalue weighted by Crippen LogP contribution is 2.46. The second-order valence-electron chi connectivity index (χ2n) is 6.33. The number of nitrogens with two attached hydrogens (primary N) is 1. The summed E-state index contributed by atoms with van der Waals surface area (Å²) < 4.78 is 5.19. The standard InChI is InChI=1S/C17H24N2O2/c1-21-14-7-5-13(6-8-14)17(9-10-17)19-16(20)15-4-2-3-12(15)11-18/h5-8,12,15H,2-4,9-11,18H2,1H3,(H,19,20)/t12-,15-/m1/s1. The third kappa shape index (κ3) is 2.77. The van der Waals surface area contributed by atoms with Crippen LogP contribution in [-0.2, 0) is 10.3 Å². The van der Waals surface area contributed by atoms with Gasteiger partial charge < -0.3 is 15.8 Å². The molecule has 0 radical (unpaired) electrons. The molecular weight excluding hydrogens is 264 g/mol. The molecule has 0 bridgehead atoms. The SMILES string of the molecule is COc1ccc(C2(NC(=O)[C@@H]3CCC[C@@H]3CN)CC2)cc1. The molecule has 1 aromatic carbocycles. The van der Waals surface area contributed by atoms with Crippen LogP contribution in [-0.4, -0.2) is 19.6 Å². The van der Waals surface area contributed by atoms with Crippen LogP contribution in [0.25, 0.3) is 0 Å². The van der Waals surface area contributed by atoms with E-state index in [-0.39, 0.29) is 17.4 Å². The van der Waals surface area contributed by atoms with Crippen LogP contribution in [0, 0.1) is 11.8 Å². The van der Waals surface area contributed by atoms with Crippen LogP contribution in [0.4, 0.5) is 0 Å². The molecule has 0 unspecified atom stereocenters. The first-order chi connectivity index (χ1) is 10.2. The van der Waals surface area contributed by atoms with Crippen LogP contribution in [0.15, 0.2) is 24.3 Å². The molecule has 1 amide bonds. The normalized spacial score (nSPS) is 26.4. The summed E-state index contributed by atoms with van der Waals surface area (Å²) in [6, 6.07) is 8.03. The lowest BCUT2D eigenvalue weighted by molar-refractivity contribution is -0.127. The first-order valence-electron chi connectivity index (χ1n) is 7.85. The van der Waals surface area contributed by atoms with Crippen molar-refractivity contribution in [2.45, 2.75) is 37.6 Å². The monoisotopic (exact) mass is 288 g/mol. The van der Waals surface area contributed by atoms with Crippen molar-refractivity contribution in [2.24, 2.45) is 17.6 Å². The third-order valence-corrected chi connectivity index (χ3v) is 5.05. The summed E-state index contributed by atoms with van der Waals surface area (Å²) in [6.45, 7) is 0.619. The average Bonchev–Trinajstić information content (AvgIpc) is 3.13. The minimum Gasteiger partial charge on any atom is -0.497 e. The summed E-state index contributed by atoms with van der Waals surface area (Å²) in [6.07, 6.45) is 5.22. The topological polar surface area (TPSA) is 64.3 Å². The van der Waals surface area contributed by atoms with Gasteiger partial charge in [0.15, 0.2) is 0 Å². The Balaban J connectivity index is 1.69. The number of hydrogen-bond donors (Lipinski definition) is 2. The zero-order chi connectivity index (χ0) is 14.9. The maximum atomic E-state index is 12.6. The minimum atomic E-state index is -0.148. The zero-order valence-corrected chi connectivity index (χ0v) is 12.6. The highest BCUT2D eigenvalue weighted by Gasteiger charge is 2.47. The molecular formula is C17H24N2O2. The van der Waals surface area contributed by atoms with Crippen molar-refractivity contribution in [3.05, 3.63) is 29.8 Å². The number of carbonyl (C=O) groups is 1. The summed E-state index contributed by atoms with van der Waals surface area (Å²) in [7, 11) is 1.66. The first-order valence-corrected chi connectivity index (χ1v) is 7.85. The predicted octanol–water partition coefficient (Wildman–Crippen LogP) is 2.18. The maximum Gasteiger partial charge on any atom is 0.224 e. The molecule has 3 N–H and O–H groups in total. The Morgan fingerprint density at radius 1 is 1.33 bits per heavy atom. The van der Waals surface area contributed by atoms with Gasteiger partial charge in [0.1, 0.15) is 5.75 Å². The van der Waals surface area contributed by atoms with Crippen LogP contribution < -0.4 is 15.8 Å². The molecule has 2 atom stereocenters. The number of methoxy groups -OCH3 is 1. The summed E-state index contributed by atoms with van der Waals surface area (Å²) in [4.78, 5) is 12.6. The van der Waals surface area contributed by atoms with E-state index in [1.165, 1.54) is 5.56 Å². The molecule has 2 fully saturated rings. The van der Waals surface area contributed by atoms with E-state index in [1.807, 2.05) is 12.1 Å². The van der Waals surface area contributed by atoms with Crippen molar-refractivity contribution in [2.75, 3.05) is 13.7 Å². The van der Waals surface area contributed by atoms with E-state index in [0.29, 0.717) is 12.5 Å². The molecule has 0 saturated heterocycles. The Labute approximate surface area is 126 Å². The molecule has 2 saturated carbocycles. The Hall–Kier alpha value is -1.55. The molecule has 3 rings (SSSR count). The van der Waals surface area contributed by atoms with Gasteiger partial charge in [0.25, 0.3) is 0 Å².